The molecule has 0 radical (unpaired) electrons. The van der Waals surface area contributed by atoms with Crippen LogP contribution in [0.2, 0.25) is 0 Å². The smallest absolute Gasteiger partial charge is 0.251 e. The van der Waals surface area contributed by atoms with Crippen molar-refractivity contribution < 1.29 is 13.2 Å². The van der Waals surface area contributed by atoms with E-state index in [1.807, 2.05) is 6.92 Å². The predicted molar refractivity (Wildman–Crippen MR) is 86.3 cm³/mol. The fourth-order valence-electron chi connectivity index (χ4n) is 1.57. The molecule has 0 aliphatic carbocycles. The van der Waals surface area contributed by atoms with E-state index in [9.17, 15) is 13.2 Å². The van der Waals surface area contributed by atoms with Crippen LogP contribution in [0.3, 0.4) is 0 Å². The number of sulfone groups is 1. The Bertz CT molecular complexity index is 624. The van der Waals surface area contributed by atoms with Gasteiger partial charge in [-0.25, -0.2) is 8.42 Å². The zero-order chi connectivity index (χ0) is 16.3. The van der Waals surface area contributed by atoms with E-state index in [-0.39, 0.29) is 12.5 Å². The third-order valence-electron chi connectivity index (χ3n) is 3.36. The van der Waals surface area contributed by atoms with E-state index in [4.69, 9.17) is 5.73 Å². The summed E-state index contributed by atoms with van der Waals surface area (Å²) in [6, 6.07) is 4.90. The molecule has 0 heterocycles. The molecule has 0 aliphatic rings. The van der Waals surface area contributed by atoms with Crippen molar-refractivity contribution in [3.8, 4) is 0 Å². The van der Waals surface area contributed by atoms with Gasteiger partial charge in [0, 0.05) is 24.9 Å². The van der Waals surface area contributed by atoms with Crippen molar-refractivity contribution in [1.29, 1.82) is 0 Å². The molecule has 0 saturated carbocycles. The van der Waals surface area contributed by atoms with Crippen LogP contribution in [-0.2, 0) is 9.84 Å². The molecule has 1 aromatic rings. The van der Waals surface area contributed by atoms with Gasteiger partial charge in [-0.2, -0.15) is 0 Å². The van der Waals surface area contributed by atoms with Gasteiger partial charge >= 0.3 is 0 Å². The minimum atomic E-state index is -3.18. The van der Waals surface area contributed by atoms with Gasteiger partial charge in [-0.15, -0.1) is 0 Å². The number of anilines is 2. The van der Waals surface area contributed by atoms with Gasteiger partial charge in [-0.3, -0.25) is 4.79 Å². The molecule has 0 atom stereocenters. The summed E-state index contributed by atoms with van der Waals surface area (Å²) in [5, 5.41) is 5.71. The van der Waals surface area contributed by atoms with Crippen molar-refractivity contribution in [3.63, 3.8) is 0 Å². The number of carbonyl (C=O) groups is 1. The van der Waals surface area contributed by atoms with E-state index >= 15 is 0 Å². The predicted octanol–water partition coefficient (Wildman–Crippen LogP) is 1.25. The minimum Gasteiger partial charge on any atom is -0.397 e. The van der Waals surface area contributed by atoms with Crippen molar-refractivity contribution in [2.75, 3.05) is 30.4 Å². The first-order valence-corrected chi connectivity index (χ1v) is 8.59. The van der Waals surface area contributed by atoms with Crippen LogP contribution in [0.5, 0.6) is 0 Å². The lowest BCUT2D eigenvalue weighted by Crippen LogP contribution is -2.38. The summed E-state index contributed by atoms with van der Waals surface area (Å²) in [7, 11) is -3.18. The SMILES string of the molecule is CCNC(=O)c1ccc(NCC(C)(C)S(C)(=O)=O)c(N)c1. The highest BCUT2D eigenvalue weighted by atomic mass is 32.2. The van der Waals surface area contributed by atoms with E-state index < -0.39 is 14.6 Å². The summed E-state index contributed by atoms with van der Waals surface area (Å²) in [5.41, 5.74) is 7.39. The van der Waals surface area contributed by atoms with Gasteiger partial charge in [-0.05, 0) is 39.0 Å². The van der Waals surface area contributed by atoms with E-state index in [1.54, 1.807) is 32.0 Å². The molecule has 6 nitrogen and oxygen atoms in total. The Morgan fingerprint density at radius 2 is 1.95 bits per heavy atom. The molecule has 0 fully saturated rings. The second kappa shape index (κ2) is 6.34. The highest BCUT2D eigenvalue weighted by Gasteiger charge is 2.29. The van der Waals surface area contributed by atoms with Crippen LogP contribution in [0, 0.1) is 0 Å². The second-order valence-corrected chi connectivity index (χ2v) is 8.20. The second-order valence-electron chi connectivity index (χ2n) is 5.55. The topological polar surface area (TPSA) is 101 Å². The molecule has 7 heteroatoms. The standard InChI is InChI=1S/C14H23N3O3S/c1-5-16-13(18)10-6-7-12(11(15)8-10)17-9-14(2,3)21(4,19)20/h6-8,17H,5,9,15H2,1-4H3,(H,16,18). The van der Waals surface area contributed by atoms with E-state index in [1.165, 1.54) is 6.26 Å². The van der Waals surface area contributed by atoms with Crippen molar-refractivity contribution in [3.05, 3.63) is 23.8 Å². The number of amides is 1. The van der Waals surface area contributed by atoms with Crippen molar-refractivity contribution >= 4 is 27.1 Å². The molecule has 0 aliphatic heterocycles. The van der Waals surface area contributed by atoms with Gasteiger partial charge in [0.2, 0.25) is 0 Å². The van der Waals surface area contributed by atoms with Crippen LogP contribution < -0.4 is 16.4 Å². The number of hydrogen-bond donors (Lipinski definition) is 3. The first-order chi connectivity index (χ1) is 9.58. The van der Waals surface area contributed by atoms with Gasteiger partial charge in [0.15, 0.2) is 9.84 Å². The van der Waals surface area contributed by atoms with E-state index in [0.29, 0.717) is 23.5 Å². The molecule has 0 aromatic heterocycles. The molecule has 118 valence electrons. The molecule has 1 aromatic carbocycles. The van der Waals surface area contributed by atoms with Crippen LogP contribution in [0.1, 0.15) is 31.1 Å². The van der Waals surface area contributed by atoms with E-state index in [0.717, 1.165) is 0 Å². The number of hydrogen-bond acceptors (Lipinski definition) is 5. The van der Waals surface area contributed by atoms with Crippen LogP contribution in [0.4, 0.5) is 11.4 Å². The molecule has 1 rings (SSSR count). The molecule has 0 unspecified atom stereocenters. The quantitative estimate of drug-likeness (QED) is 0.686. The van der Waals surface area contributed by atoms with Crippen LogP contribution in [-0.4, -0.2) is 38.4 Å². The summed E-state index contributed by atoms with van der Waals surface area (Å²) >= 11 is 0. The maximum Gasteiger partial charge on any atom is 0.251 e. The molecule has 0 bridgehead atoms. The molecule has 4 N–H and O–H groups in total. The molecule has 1 amide bonds. The number of benzene rings is 1. The van der Waals surface area contributed by atoms with Gasteiger partial charge in [0.05, 0.1) is 16.1 Å². The molecule has 0 spiro atoms. The average molecular weight is 313 g/mol. The fraction of sp³-hybridized carbons (Fsp3) is 0.500. The summed E-state index contributed by atoms with van der Waals surface area (Å²) in [5.74, 6) is -0.188. The summed E-state index contributed by atoms with van der Waals surface area (Å²) in [6.45, 7) is 5.91. The molecule has 0 saturated heterocycles. The maximum absolute atomic E-state index is 11.7. The monoisotopic (exact) mass is 313 g/mol. The van der Waals surface area contributed by atoms with Gasteiger partial charge in [0.1, 0.15) is 0 Å². The largest absolute Gasteiger partial charge is 0.397 e. The fourth-order valence-corrected chi connectivity index (χ4v) is 1.90. The lowest BCUT2D eigenvalue weighted by atomic mass is 10.1. The molecule has 21 heavy (non-hydrogen) atoms. The Morgan fingerprint density at radius 3 is 2.43 bits per heavy atom. The minimum absolute atomic E-state index is 0.188. The van der Waals surface area contributed by atoms with Gasteiger partial charge < -0.3 is 16.4 Å². The first kappa shape index (κ1) is 17.3. The van der Waals surface area contributed by atoms with Gasteiger partial charge in [-0.1, -0.05) is 0 Å². The first-order valence-electron chi connectivity index (χ1n) is 6.69. The Kier molecular flexibility index (Phi) is 5.22. The number of nitrogen functional groups attached to an aromatic ring is 1. The third-order valence-corrected chi connectivity index (χ3v) is 5.51. The molecular weight excluding hydrogens is 290 g/mol. The van der Waals surface area contributed by atoms with Crippen LogP contribution in [0.15, 0.2) is 18.2 Å². The Hall–Kier alpha value is -1.76. The Labute approximate surface area is 126 Å². The lowest BCUT2D eigenvalue weighted by Gasteiger charge is -2.24. The zero-order valence-electron chi connectivity index (χ0n) is 12.9. The van der Waals surface area contributed by atoms with Crippen LogP contribution >= 0.6 is 0 Å². The zero-order valence-corrected chi connectivity index (χ0v) is 13.7. The number of rotatable bonds is 6. The highest BCUT2D eigenvalue weighted by Crippen LogP contribution is 2.22. The number of nitrogens with two attached hydrogens (primary N) is 1. The number of nitrogens with one attached hydrogen (secondary N) is 2. The van der Waals surface area contributed by atoms with Crippen molar-refractivity contribution in [2.24, 2.45) is 0 Å². The van der Waals surface area contributed by atoms with Gasteiger partial charge in [0.25, 0.3) is 5.91 Å². The molecular formula is C14H23N3O3S. The van der Waals surface area contributed by atoms with Crippen molar-refractivity contribution in [1.82, 2.24) is 5.32 Å². The number of carbonyl (C=O) groups excluding carboxylic acids is 1. The summed E-state index contributed by atoms with van der Waals surface area (Å²) in [4.78, 5) is 11.7. The summed E-state index contributed by atoms with van der Waals surface area (Å²) < 4.78 is 22.4. The highest BCUT2D eigenvalue weighted by molar-refractivity contribution is 7.92. The maximum atomic E-state index is 11.7. The normalized spacial score (nSPS) is 12.0. The lowest BCUT2D eigenvalue weighted by molar-refractivity contribution is 0.0956. The Morgan fingerprint density at radius 1 is 1.33 bits per heavy atom. The third kappa shape index (κ3) is 4.35. The van der Waals surface area contributed by atoms with E-state index in [2.05, 4.69) is 10.6 Å². The van der Waals surface area contributed by atoms with Crippen molar-refractivity contribution in [2.45, 2.75) is 25.5 Å². The van der Waals surface area contributed by atoms with Crippen LogP contribution in [0.25, 0.3) is 0 Å². The Balaban J connectivity index is 2.85. The summed E-state index contributed by atoms with van der Waals surface area (Å²) in [6.07, 6.45) is 1.20. The average Bonchev–Trinajstić information content (AvgIpc) is 2.36.